The lowest BCUT2D eigenvalue weighted by atomic mass is 9.82. The van der Waals surface area contributed by atoms with Gasteiger partial charge in [0.25, 0.3) is 0 Å². The van der Waals surface area contributed by atoms with Crippen molar-refractivity contribution in [3.8, 4) is 96.1 Å². The molecule has 0 amide bonds. The van der Waals surface area contributed by atoms with Crippen molar-refractivity contribution in [2.75, 3.05) is 0 Å². The van der Waals surface area contributed by atoms with Gasteiger partial charge in [0.15, 0.2) is 5.82 Å². The number of nitrogens with zero attached hydrogens (tertiary/aromatic N) is 9. The van der Waals surface area contributed by atoms with Crippen LogP contribution in [0.15, 0.2) is 374 Å². The highest BCUT2D eigenvalue weighted by Crippen LogP contribution is 2.56. The van der Waals surface area contributed by atoms with Crippen LogP contribution in [0.4, 0.5) is 0 Å². The van der Waals surface area contributed by atoms with Gasteiger partial charge in [-0.1, -0.05) is 327 Å². The first-order valence-corrected chi connectivity index (χ1v) is 45.8. The molecule has 28 rings (SSSR count). The molecule has 3 aliphatic carbocycles. The molecule has 0 fully saturated rings. The monoisotopic (exact) mass is 1690 g/mol. The summed E-state index contributed by atoms with van der Waals surface area (Å²) in [6.07, 6.45) is 0. The van der Waals surface area contributed by atoms with E-state index in [0.717, 1.165) is 138 Å². The van der Waals surface area contributed by atoms with Crippen LogP contribution >= 0.6 is 22.7 Å². The molecule has 0 bridgehead atoms. The van der Waals surface area contributed by atoms with Crippen molar-refractivity contribution in [1.82, 2.24) is 43.6 Å². The first kappa shape index (κ1) is 74.8. The van der Waals surface area contributed by atoms with Crippen molar-refractivity contribution in [2.45, 2.75) is 57.8 Å². The largest absolute Gasteiger partial charge is 0.456 e. The lowest BCUT2D eigenvalue weighted by Crippen LogP contribution is -2.18. The minimum absolute atomic E-state index is 0.0669. The minimum atomic E-state index is -0.264. The molecule has 0 saturated carbocycles. The fraction of sp³-hybridized carbons (Fsp3) is 0.0769. The van der Waals surface area contributed by atoms with Gasteiger partial charge in [-0.3, -0.25) is 9.13 Å². The number of benzene rings is 16. The molecule has 3 aliphatic rings. The number of aromatic nitrogens is 9. The third-order valence-electron chi connectivity index (χ3n) is 27.6. The van der Waals surface area contributed by atoms with Crippen LogP contribution in [0.2, 0.25) is 0 Å². The zero-order valence-corrected chi connectivity index (χ0v) is 73.1. The van der Waals surface area contributed by atoms with Gasteiger partial charge in [-0.2, -0.15) is 0 Å². The van der Waals surface area contributed by atoms with E-state index in [-0.39, 0.29) is 16.2 Å². The van der Waals surface area contributed by atoms with E-state index in [2.05, 4.69) is 413 Å². The molecular weight excluding hydrogens is 1610 g/mol. The highest BCUT2D eigenvalue weighted by molar-refractivity contribution is 7.26. The first-order chi connectivity index (χ1) is 63.3. The summed E-state index contributed by atoms with van der Waals surface area (Å²) in [6.45, 7) is 13.8. The summed E-state index contributed by atoms with van der Waals surface area (Å²) in [5.74, 6) is 2.13. The molecule has 10 nitrogen and oxygen atoms in total. The maximum Gasteiger partial charge on any atom is 0.235 e. The summed E-state index contributed by atoms with van der Waals surface area (Å²) in [6, 6.07) is 132. The molecule has 9 aromatic heterocycles. The Morgan fingerprint density at radius 3 is 1.26 bits per heavy atom. The Labute approximate surface area is 750 Å². The van der Waals surface area contributed by atoms with E-state index in [4.69, 9.17) is 34.3 Å². The molecule has 129 heavy (non-hydrogen) atoms. The van der Waals surface area contributed by atoms with Gasteiger partial charge in [0.1, 0.15) is 16.0 Å². The van der Waals surface area contributed by atoms with Crippen molar-refractivity contribution in [2.24, 2.45) is 0 Å². The summed E-state index contributed by atoms with van der Waals surface area (Å²) in [5.41, 5.74) is 31.1. The lowest BCUT2D eigenvalue weighted by molar-refractivity contribution is 0.632. The van der Waals surface area contributed by atoms with Gasteiger partial charge in [0.2, 0.25) is 11.9 Å². The first-order valence-electron chi connectivity index (χ1n) is 44.1. The molecule has 25 aromatic rings. The molecule has 12 heteroatoms. The van der Waals surface area contributed by atoms with Gasteiger partial charge in [0, 0.05) is 128 Å². The van der Waals surface area contributed by atoms with E-state index in [0.29, 0.717) is 11.9 Å². The fourth-order valence-corrected chi connectivity index (χ4v) is 23.7. The second kappa shape index (κ2) is 28.2. The summed E-state index contributed by atoms with van der Waals surface area (Å²) >= 11 is 3.59. The van der Waals surface area contributed by atoms with Gasteiger partial charge in [-0.15, -0.1) is 22.7 Å². The van der Waals surface area contributed by atoms with Crippen LogP contribution in [0.5, 0.6) is 0 Å². The van der Waals surface area contributed by atoms with Crippen LogP contribution in [-0.4, -0.2) is 43.6 Å². The topological polar surface area (TPSA) is 105 Å². The summed E-state index contributed by atoms with van der Waals surface area (Å²) in [4.78, 5) is 33.3. The molecule has 9 heterocycles. The molecule has 0 radical (unpaired) electrons. The van der Waals surface area contributed by atoms with Crippen molar-refractivity contribution in [3.05, 3.63) is 404 Å². The molecule has 0 spiro atoms. The standard InChI is InChI=1S/C43H29N3S.C37H25N3O.C37H25N3S/c1-43(2)33-20-10-6-16-27(33)31-25-37-32(24-34(31)43)28-17-7-11-21-35(28)46(37)36-22-12-8-18-29(36)41-44-40(26-14-4-3-5-15-26)39-30-19-9-13-23-38(30)47-42(39)45-41;2*1-37(2)28-17-9-6-16-25(28)33-34(22-12-4-3-5-13-22)38-36(39-35(33)37)40-29-18-10-7-14-23(29)26-21-32-27(20-30(26)40)24-15-8-11-19-31(24)41-32/h3-25H,1-2H3;2*3-21H,1-2H3. The van der Waals surface area contributed by atoms with Crippen LogP contribution in [-0.2, 0) is 16.2 Å². The molecular formula is C117H79N9OS2. The number of hydrogen-bond donors (Lipinski definition) is 0. The average molecular weight is 1690 g/mol. The van der Waals surface area contributed by atoms with Gasteiger partial charge in [-0.25, -0.2) is 29.9 Å². The van der Waals surface area contributed by atoms with Crippen LogP contribution < -0.4 is 0 Å². The van der Waals surface area contributed by atoms with Gasteiger partial charge in [0.05, 0.1) is 67.3 Å². The number of hydrogen-bond acceptors (Lipinski definition) is 9. The molecule has 16 aromatic carbocycles. The predicted octanol–water partition coefficient (Wildman–Crippen LogP) is 30.9. The van der Waals surface area contributed by atoms with Crippen molar-refractivity contribution >= 4 is 151 Å². The Hall–Kier alpha value is -15.6. The SMILES string of the molecule is CC1(C)c2ccccc2-c2c(-c3ccccc3)nc(-n3c4ccccc4c4cc5oc6ccccc6c5cc43)nc21.CC1(C)c2ccccc2-c2c(-c3ccccc3)nc(-n3c4ccccc4c4cc5sc6ccccc6c5cc43)nc21.CC1(C)c2ccccc2-c2cc3c(cc21)c1ccccc1n3-c1ccccc1-c1nc(-c2ccccc2)c2c(n1)sc1ccccc12. The summed E-state index contributed by atoms with van der Waals surface area (Å²) in [5, 5.41) is 14.3. The normalized spacial score (nSPS) is 13.7. The van der Waals surface area contributed by atoms with Crippen LogP contribution in [0.3, 0.4) is 0 Å². The summed E-state index contributed by atoms with van der Waals surface area (Å²) < 4.78 is 17.1. The van der Waals surface area contributed by atoms with E-state index in [9.17, 15) is 0 Å². The Morgan fingerprint density at radius 2 is 0.674 bits per heavy atom. The number of para-hydroxylation sites is 5. The van der Waals surface area contributed by atoms with E-state index >= 15 is 0 Å². The zero-order chi connectivity index (χ0) is 85.9. The Kier molecular flexibility index (Phi) is 16.4. The highest BCUT2D eigenvalue weighted by Gasteiger charge is 2.43. The smallest absolute Gasteiger partial charge is 0.235 e. The molecule has 0 atom stereocenters. The fourth-order valence-electron chi connectivity index (χ4n) is 21.5. The van der Waals surface area contributed by atoms with Gasteiger partial charge >= 0.3 is 0 Å². The zero-order valence-electron chi connectivity index (χ0n) is 71.5. The van der Waals surface area contributed by atoms with Crippen molar-refractivity contribution < 1.29 is 4.42 Å². The molecule has 0 N–H and O–H groups in total. The maximum atomic E-state index is 6.28. The van der Waals surface area contributed by atoms with Crippen LogP contribution in [0.25, 0.3) is 224 Å². The van der Waals surface area contributed by atoms with E-state index in [1.54, 1.807) is 11.3 Å². The second-order valence-corrected chi connectivity index (χ2v) is 38.0. The molecule has 0 aliphatic heterocycles. The van der Waals surface area contributed by atoms with Gasteiger partial charge in [-0.05, 0) is 129 Å². The van der Waals surface area contributed by atoms with E-state index < -0.39 is 0 Å². The van der Waals surface area contributed by atoms with Crippen molar-refractivity contribution in [3.63, 3.8) is 0 Å². The number of rotatable bonds is 7. The molecule has 610 valence electrons. The van der Waals surface area contributed by atoms with E-state index in [1.165, 1.54) is 107 Å². The maximum absolute atomic E-state index is 6.28. The van der Waals surface area contributed by atoms with E-state index in [1.807, 2.05) is 23.5 Å². The van der Waals surface area contributed by atoms with Crippen LogP contribution in [0, 0.1) is 0 Å². The third-order valence-corrected chi connectivity index (χ3v) is 29.8. The third kappa shape index (κ3) is 11.2. The second-order valence-electron chi connectivity index (χ2n) is 35.9. The van der Waals surface area contributed by atoms with Crippen LogP contribution in [0.1, 0.15) is 75.2 Å². The predicted molar refractivity (Wildman–Crippen MR) is 537 cm³/mol. The number of fused-ring (bicyclic) bond motifs is 27. The highest BCUT2D eigenvalue weighted by atomic mass is 32.1. The Balaban J connectivity index is 0.000000102. The summed E-state index contributed by atoms with van der Waals surface area (Å²) in [7, 11) is 0. The quantitative estimate of drug-likeness (QED) is 0.156. The van der Waals surface area contributed by atoms with Gasteiger partial charge < -0.3 is 8.98 Å². The average Bonchev–Trinajstić information content (AvgIpc) is 1.55. The minimum Gasteiger partial charge on any atom is -0.456 e. The molecule has 0 unspecified atom stereocenters. The Morgan fingerprint density at radius 1 is 0.248 bits per heavy atom. The lowest BCUT2D eigenvalue weighted by Gasteiger charge is -2.21. The number of furan rings is 1. The van der Waals surface area contributed by atoms with Crippen molar-refractivity contribution in [1.29, 1.82) is 0 Å². The Bertz CT molecular complexity index is 8720. The number of thiophene rings is 2. The molecule has 0 saturated heterocycles.